The van der Waals surface area contributed by atoms with Gasteiger partial charge in [0, 0.05) is 12.6 Å². The lowest BCUT2D eigenvalue weighted by Crippen LogP contribution is -2.45. The summed E-state index contributed by atoms with van der Waals surface area (Å²) in [5.74, 6) is -0.615. The van der Waals surface area contributed by atoms with E-state index >= 15 is 0 Å². The monoisotopic (exact) mass is 601 g/mol. The van der Waals surface area contributed by atoms with Crippen LogP contribution in [0.25, 0.3) is 22.6 Å². The largest absolute Gasteiger partial charge is 0.497 e. The number of ether oxygens (including phenoxy) is 1. The molecule has 42 heavy (non-hydrogen) atoms. The Labute approximate surface area is 239 Å². The van der Waals surface area contributed by atoms with Crippen molar-refractivity contribution in [2.45, 2.75) is 23.7 Å². The van der Waals surface area contributed by atoms with E-state index in [0.29, 0.717) is 5.56 Å². The molecule has 1 aliphatic heterocycles. The first-order valence-electron chi connectivity index (χ1n) is 12.6. The molecule has 0 aliphatic carbocycles. The maximum atomic E-state index is 13.4. The third-order valence-electron chi connectivity index (χ3n) is 6.69. The van der Waals surface area contributed by atoms with Crippen molar-refractivity contribution in [3.8, 4) is 28.3 Å². The molecule has 1 amide bonds. The van der Waals surface area contributed by atoms with Crippen LogP contribution in [0.4, 0.5) is 24.9 Å². The lowest BCUT2D eigenvalue weighted by molar-refractivity contribution is -0.120. The summed E-state index contributed by atoms with van der Waals surface area (Å²) in [7, 11) is -1.22. The zero-order valence-corrected chi connectivity index (χ0v) is 23.3. The van der Waals surface area contributed by atoms with Crippen LogP contribution in [0.15, 0.2) is 76.0 Å². The first kappa shape index (κ1) is 29.1. The highest BCUT2D eigenvalue weighted by Crippen LogP contribution is 2.36. The molecular formula is C28H26F3N5O5S. The Kier molecular flexibility index (Phi) is 7.68. The molecule has 0 saturated heterocycles. The minimum Gasteiger partial charge on any atom is -0.497 e. The molecule has 220 valence electrons. The first-order chi connectivity index (χ1) is 19.8. The SMILES string of the molecule is COc1ccc(-c2ccc(CN3C(=O)[C@@H](N)CS(=O)(=O)c4ccc(-c5nnc(N(C)CC(F)(F)F)o5)cc43)cc2)cc1. The van der Waals surface area contributed by atoms with Gasteiger partial charge in [-0.05, 0) is 47.0 Å². The quantitative estimate of drug-likeness (QED) is 0.333. The Bertz CT molecular complexity index is 1710. The maximum Gasteiger partial charge on any atom is 0.406 e. The standard InChI is InChI=1S/C28H26F3N5O5S/c1-35(16-28(29,30)31)27-34-33-25(41-27)20-9-12-24-23(13-20)36(26(37)22(32)15-42(24,38)39)14-17-3-5-18(6-4-17)19-7-10-21(40-2)11-8-19/h3-13,22H,14-16,32H2,1-2H3/t22-/m0/s1. The summed E-state index contributed by atoms with van der Waals surface area (Å²) in [4.78, 5) is 15.3. The summed E-state index contributed by atoms with van der Waals surface area (Å²) in [6.07, 6.45) is -4.49. The molecule has 10 nitrogen and oxygen atoms in total. The van der Waals surface area contributed by atoms with E-state index in [9.17, 15) is 26.4 Å². The number of nitrogens with zero attached hydrogens (tertiary/aromatic N) is 4. The van der Waals surface area contributed by atoms with Crippen molar-refractivity contribution in [1.29, 1.82) is 0 Å². The number of aromatic nitrogens is 2. The summed E-state index contributed by atoms with van der Waals surface area (Å²) >= 11 is 0. The van der Waals surface area contributed by atoms with Gasteiger partial charge in [0.1, 0.15) is 12.3 Å². The number of alkyl halides is 3. The van der Waals surface area contributed by atoms with Gasteiger partial charge in [-0.15, -0.1) is 5.10 Å². The molecule has 4 aromatic rings. The number of hydrogen-bond donors (Lipinski definition) is 1. The summed E-state index contributed by atoms with van der Waals surface area (Å²) in [6.45, 7) is -1.31. The van der Waals surface area contributed by atoms with Gasteiger partial charge in [-0.25, -0.2) is 8.42 Å². The summed E-state index contributed by atoms with van der Waals surface area (Å²) in [5.41, 5.74) is 8.87. The number of benzene rings is 3. The maximum absolute atomic E-state index is 13.4. The Morgan fingerprint density at radius 1 is 1.02 bits per heavy atom. The second kappa shape index (κ2) is 11.1. The zero-order chi connectivity index (χ0) is 30.2. The van der Waals surface area contributed by atoms with Crippen molar-refractivity contribution in [3.63, 3.8) is 0 Å². The Morgan fingerprint density at radius 3 is 2.26 bits per heavy atom. The first-order valence-corrected chi connectivity index (χ1v) is 14.3. The Hall–Kier alpha value is -4.43. The van der Waals surface area contributed by atoms with E-state index in [2.05, 4.69) is 10.2 Å². The number of carbonyl (C=O) groups is 1. The van der Waals surface area contributed by atoms with Crippen molar-refractivity contribution in [1.82, 2.24) is 10.2 Å². The van der Waals surface area contributed by atoms with Gasteiger partial charge in [0.15, 0.2) is 9.84 Å². The van der Waals surface area contributed by atoms with Crippen LogP contribution in [-0.2, 0) is 21.2 Å². The van der Waals surface area contributed by atoms with Gasteiger partial charge in [-0.1, -0.05) is 41.5 Å². The van der Waals surface area contributed by atoms with E-state index in [-0.39, 0.29) is 34.6 Å². The van der Waals surface area contributed by atoms with Gasteiger partial charge in [0.2, 0.25) is 11.8 Å². The van der Waals surface area contributed by atoms with Crippen molar-refractivity contribution in [3.05, 3.63) is 72.3 Å². The van der Waals surface area contributed by atoms with Gasteiger partial charge < -0.3 is 24.7 Å². The molecular weight excluding hydrogens is 575 g/mol. The van der Waals surface area contributed by atoms with Crippen LogP contribution in [0.3, 0.4) is 0 Å². The Morgan fingerprint density at radius 2 is 1.64 bits per heavy atom. The second-order valence-corrected chi connectivity index (χ2v) is 11.8. The molecule has 1 atom stereocenters. The van der Waals surface area contributed by atoms with Crippen LogP contribution in [0.5, 0.6) is 5.75 Å². The van der Waals surface area contributed by atoms with E-state index in [1.54, 1.807) is 7.11 Å². The van der Waals surface area contributed by atoms with E-state index < -0.39 is 40.3 Å². The fourth-order valence-corrected chi connectivity index (χ4v) is 6.15. The Balaban J connectivity index is 1.48. The summed E-state index contributed by atoms with van der Waals surface area (Å²) in [6, 6.07) is 17.3. The minimum absolute atomic E-state index is 0.00476. The number of methoxy groups -OCH3 is 1. The molecule has 3 aromatic carbocycles. The van der Waals surface area contributed by atoms with Crippen LogP contribution in [0.1, 0.15) is 5.56 Å². The highest BCUT2D eigenvalue weighted by atomic mass is 32.2. The highest BCUT2D eigenvalue weighted by Gasteiger charge is 2.37. The third kappa shape index (κ3) is 6.09. The van der Waals surface area contributed by atoms with E-state index in [1.165, 1.54) is 23.1 Å². The number of halogens is 3. The fourth-order valence-electron chi connectivity index (χ4n) is 4.60. The van der Waals surface area contributed by atoms with Gasteiger partial charge in [-0.3, -0.25) is 4.79 Å². The topological polar surface area (TPSA) is 132 Å². The molecule has 1 aliphatic rings. The predicted octanol–water partition coefficient (Wildman–Crippen LogP) is 4.06. The lowest BCUT2D eigenvalue weighted by Gasteiger charge is -2.24. The van der Waals surface area contributed by atoms with Crippen molar-refractivity contribution >= 4 is 27.4 Å². The smallest absolute Gasteiger partial charge is 0.406 e. The number of nitrogens with two attached hydrogens (primary N) is 1. The number of anilines is 2. The third-order valence-corrected chi connectivity index (χ3v) is 8.50. The lowest BCUT2D eigenvalue weighted by atomic mass is 10.0. The van der Waals surface area contributed by atoms with Gasteiger partial charge >= 0.3 is 12.2 Å². The van der Waals surface area contributed by atoms with Crippen LogP contribution < -0.4 is 20.3 Å². The molecule has 0 unspecified atom stereocenters. The number of fused-ring (bicyclic) bond motifs is 1. The molecule has 2 heterocycles. The molecule has 0 bridgehead atoms. The van der Waals surface area contributed by atoms with Gasteiger partial charge in [-0.2, -0.15) is 13.2 Å². The molecule has 0 fully saturated rings. The minimum atomic E-state index is -4.49. The van der Waals surface area contributed by atoms with Crippen LogP contribution in [0, 0.1) is 0 Å². The van der Waals surface area contributed by atoms with Crippen LogP contribution in [-0.4, -0.2) is 63.2 Å². The summed E-state index contributed by atoms with van der Waals surface area (Å²) in [5, 5.41) is 7.50. The number of hydrogen-bond acceptors (Lipinski definition) is 9. The average molecular weight is 602 g/mol. The highest BCUT2D eigenvalue weighted by molar-refractivity contribution is 7.91. The number of rotatable bonds is 7. The van der Waals surface area contributed by atoms with Crippen molar-refractivity contribution < 1.29 is 35.5 Å². The van der Waals surface area contributed by atoms with Crippen molar-refractivity contribution in [2.75, 3.05) is 36.3 Å². The number of carbonyl (C=O) groups excluding carboxylic acids is 1. The number of sulfone groups is 1. The van der Waals surface area contributed by atoms with Crippen molar-refractivity contribution in [2.24, 2.45) is 5.73 Å². The van der Waals surface area contributed by atoms with E-state index in [1.807, 2.05) is 48.5 Å². The predicted molar refractivity (Wildman–Crippen MR) is 149 cm³/mol. The fraction of sp³-hybridized carbons (Fsp3) is 0.250. The average Bonchev–Trinajstić information content (AvgIpc) is 3.43. The van der Waals surface area contributed by atoms with Gasteiger partial charge in [0.25, 0.3) is 0 Å². The summed E-state index contributed by atoms with van der Waals surface area (Å²) < 4.78 is 75.3. The van der Waals surface area contributed by atoms with E-state index in [4.69, 9.17) is 14.9 Å². The second-order valence-electron chi connectivity index (χ2n) is 9.78. The molecule has 1 aromatic heterocycles. The molecule has 0 saturated carbocycles. The zero-order valence-electron chi connectivity index (χ0n) is 22.5. The molecule has 14 heteroatoms. The van der Waals surface area contributed by atoms with Gasteiger partial charge in [0.05, 0.1) is 36.0 Å². The molecule has 5 rings (SSSR count). The normalized spacial score (nSPS) is 16.6. The molecule has 0 spiro atoms. The number of amides is 1. The van der Waals surface area contributed by atoms with E-state index in [0.717, 1.165) is 28.8 Å². The molecule has 0 radical (unpaired) electrons. The molecule has 2 N–H and O–H groups in total. The van der Waals surface area contributed by atoms with Crippen LogP contribution in [0.2, 0.25) is 0 Å². The van der Waals surface area contributed by atoms with Crippen LogP contribution >= 0.6 is 0 Å².